The lowest BCUT2D eigenvalue weighted by atomic mass is 10.1. The molecule has 0 aromatic rings. The van der Waals surface area contributed by atoms with E-state index < -0.39 is 0 Å². The van der Waals surface area contributed by atoms with Gasteiger partial charge in [0.05, 0.1) is 6.04 Å². The van der Waals surface area contributed by atoms with Crippen molar-refractivity contribution >= 4 is 11.8 Å². The van der Waals surface area contributed by atoms with Crippen molar-refractivity contribution in [2.24, 2.45) is 5.92 Å². The van der Waals surface area contributed by atoms with Crippen LogP contribution in [-0.4, -0.2) is 72.3 Å². The van der Waals surface area contributed by atoms with Gasteiger partial charge >= 0.3 is 0 Å². The molecule has 0 N–H and O–H groups in total. The molecular weight excluding hydrogens is 266 g/mol. The van der Waals surface area contributed by atoms with Crippen molar-refractivity contribution in [3.63, 3.8) is 0 Å². The summed E-state index contributed by atoms with van der Waals surface area (Å²) in [6.07, 6.45) is 6.48. The Morgan fingerprint density at radius 1 is 0.952 bits per heavy atom. The monoisotopic (exact) mass is 293 g/mol. The third kappa shape index (κ3) is 3.57. The molecule has 2 amide bonds. The highest BCUT2D eigenvalue weighted by Gasteiger charge is 2.33. The zero-order valence-electron chi connectivity index (χ0n) is 13.1. The molecule has 1 saturated carbocycles. The molecule has 3 rings (SSSR count). The van der Waals surface area contributed by atoms with Gasteiger partial charge in [-0.05, 0) is 38.8 Å². The van der Waals surface area contributed by atoms with Crippen LogP contribution >= 0.6 is 0 Å². The Bertz CT molecular complexity index is 400. The summed E-state index contributed by atoms with van der Waals surface area (Å²) in [4.78, 5) is 30.7. The number of carbonyl (C=O) groups is 2. The molecule has 21 heavy (non-hydrogen) atoms. The average Bonchev–Trinajstić information content (AvgIpc) is 3.24. The van der Waals surface area contributed by atoms with Gasteiger partial charge in [0.25, 0.3) is 0 Å². The van der Waals surface area contributed by atoms with E-state index in [2.05, 4.69) is 4.90 Å². The summed E-state index contributed by atoms with van der Waals surface area (Å²) in [5.41, 5.74) is 0. The first-order valence-corrected chi connectivity index (χ1v) is 8.42. The van der Waals surface area contributed by atoms with Gasteiger partial charge in [-0.3, -0.25) is 14.5 Å². The van der Waals surface area contributed by atoms with Crippen molar-refractivity contribution in [2.75, 3.05) is 39.8 Å². The van der Waals surface area contributed by atoms with E-state index in [0.717, 1.165) is 31.7 Å². The molecule has 118 valence electrons. The fourth-order valence-corrected chi connectivity index (χ4v) is 3.50. The molecule has 2 saturated heterocycles. The zero-order valence-corrected chi connectivity index (χ0v) is 13.1. The first-order valence-electron chi connectivity index (χ1n) is 8.42. The first-order chi connectivity index (χ1) is 10.1. The number of likely N-dealkylation sites (N-methyl/N-ethyl adjacent to an activating group) is 1. The van der Waals surface area contributed by atoms with Gasteiger partial charge in [-0.2, -0.15) is 0 Å². The Balaban J connectivity index is 1.43. The summed E-state index contributed by atoms with van der Waals surface area (Å²) < 4.78 is 0. The van der Waals surface area contributed by atoms with Crippen LogP contribution in [0.1, 0.15) is 38.5 Å². The third-order valence-corrected chi connectivity index (χ3v) is 5.21. The highest BCUT2D eigenvalue weighted by molar-refractivity contribution is 5.83. The summed E-state index contributed by atoms with van der Waals surface area (Å²) >= 11 is 0. The largest absolute Gasteiger partial charge is 0.339 e. The normalized spacial score (nSPS) is 27.2. The summed E-state index contributed by atoms with van der Waals surface area (Å²) in [5, 5.41) is 0. The van der Waals surface area contributed by atoms with Gasteiger partial charge in [0.1, 0.15) is 0 Å². The lowest BCUT2D eigenvalue weighted by Gasteiger charge is -2.37. The van der Waals surface area contributed by atoms with Gasteiger partial charge in [-0.1, -0.05) is 12.8 Å². The average molecular weight is 293 g/mol. The minimum Gasteiger partial charge on any atom is -0.339 e. The smallest absolute Gasteiger partial charge is 0.240 e. The van der Waals surface area contributed by atoms with Gasteiger partial charge < -0.3 is 9.80 Å². The maximum absolute atomic E-state index is 12.5. The molecule has 1 atom stereocenters. The van der Waals surface area contributed by atoms with Crippen LogP contribution in [0.4, 0.5) is 0 Å². The van der Waals surface area contributed by atoms with Gasteiger partial charge in [-0.25, -0.2) is 0 Å². The number of carbonyl (C=O) groups excluding carboxylic acids is 2. The lowest BCUT2D eigenvalue weighted by Crippen LogP contribution is -2.54. The maximum Gasteiger partial charge on any atom is 0.240 e. The van der Waals surface area contributed by atoms with E-state index in [-0.39, 0.29) is 17.9 Å². The van der Waals surface area contributed by atoms with Crippen LogP contribution in [0.5, 0.6) is 0 Å². The van der Waals surface area contributed by atoms with Crippen LogP contribution in [0.15, 0.2) is 0 Å². The molecule has 2 heterocycles. The quantitative estimate of drug-likeness (QED) is 0.775. The van der Waals surface area contributed by atoms with Crippen LogP contribution in [0.2, 0.25) is 0 Å². The van der Waals surface area contributed by atoms with Crippen molar-refractivity contribution in [2.45, 2.75) is 44.6 Å². The number of rotatable bonds is 4. The van der Waals surface area contributed by atoms with Gasteiger partial charge in [0, 0.05) is 32.6 Å². The number of nitrogens with zero attached hydrogens (tertiary/aromatic N) is 3. The highest BCUT2D eigenvalue weighted by Crippen LogP contribution is 2.33. The predicted octanol–water partition coefficient (Wildman–Crippen LogP) is 0.942. The van der Waals surface area contributed by atoms with E-state index in [1.54, 1.807) is 0 Å². The van der Waals surface area contributed by atoms with E-state index >= 15 is 0 Å². The van der Waals surface area contributed by atoms with Crippen LogP contribution < -0.4 is 0 Å². The first kappa shape index (κ1) is 14.8. The Kier molecular flexibility index (Phi) is 4.48. The van der Waals surface area contributed by atoms with Gasteiger partial charge in [-0.15, -0.1) is 0 Å². The zero-order chi connectivity index (χ0) is 14.8. The summed E-state index contributed by atoms with van der Waals surface area (Å²) in [7, 11) is 2.03. The molecule has 0 bridgehead atoms. The van der Waals surface area contributed by atoms with Crippen molar-refractivity contribution < 1.29 is 9.59 Å². The molecule has 5 nitrogen and oxygen atoms in total. The molecule has 5 heteroatoms. The third-order valence-electron chi connectivity index (χ3n) is 5.21. The molecule has 1 unspecified atom stereocenters. The molecule has 3 fully saturated rings. The van der Waals surface area contributed by atoms with Crippen LogP contribution in [0.3, 0.4) is 0 Å². The second kappa shape index (κ2) is 6.34. The minimum absolute atomic E-state index is 0.0714. The second-order valence-electron chi connectivity index (χ2n) is 6.83. The molecule has 0 aromatic carbocycles. The van der Waals surface area contributed by atoms with Crippen molar-refractivity contribution in [3.8, 4) is 0 Å². The predicted molar refractivity (Wildman–Crippen MR) is 80.8 cm³/mol. The molecule has 2 aliphatic heterocycles. The fraction of sp³-hybridized carbons (Fsp3) is 0.875. The molecule has 3 aliphatic rings. The molecule has 0 radical (unpaired) electrons. The van der Waals surface area contributed by atoms with E-state index in [0.29, 0.717) is 32.6 Å². The SMILES string of the molecule is CN1CCCC1C(=O)N1CCN(C(=O)CCC2CC2)CC1. The fourth-order valence-electron chi connectivity index (χ4n) is 3.50. The number of hydrogen-bond donors (Lipinski definition) is 0. The minimum atomic E-state index is 0.0714. The Morgan fingerprint density at radius 2 is 1.62 bits per heavy atom. The second-order valence-corrected chi connectivity index (χ2v) is 6.83. The standard InChI is InChI=1S/C16H27N3O2/c1-17-8-2-3-14(17)16(21)19-11-9-18(10-12-19)15(20)7-6-13-4-5-13/h13-14H,2-12H2,1H3. The van der Waals surface area contributed by atoms with Crippen LogP contribution in [0, 0.1) is 5.92 Å². The number of hydrogen-bond acceptors (Lipinski definition) is 3. The van der Waals surface area contributed by atoms with E-state index in [1.807, 2.05) is 16.8 Å². The Morgan fingerprint density at radius 3 is 2.19 bits per heavy atom. The number of amides is 2. The van der Waals surface area contributed by atoms with Crippen LogP contribution in [-0.2, 0) is 9.59 Å². The lowest BCUT2D eigenvalue weighted by molar-refractivity contribution is -0.142. The van der Waals surface area contributed by atoms with Crippen molar-refractivity contribution in [1.29, 1.82) is 0 Å². The van der Waals surface area contributed by atoms with Gasteiger partial charge in [0.15, 0.2) is 0 Å². The topological polar surface area (TPSA) is 43.9 Å². The Hall–Kier alpha value is -1.10. The van der Waals surface area contributed by atoms with E-state index in [4.69, 9.17) is 0 Å². The summed E-state index contributed by atoms with van der Waals surface area (Å²) in [5.74, 6) is 1.36. The molecular formula is C16H27N3O2. The van der Waals surface area contributed by atoms with Crippen LogP contribution in [0.25, 0.3) is 0 Å². The Labute approximate surface area is 127 Å². The number of likely N-dealkylation sites (tertiary alicyclic amines) is 1. The van der Waals surface area contributed by atoms with Gasteiger partial charge in [0.2, 0.25) is 11.8 Å². The van der Waals surface area contributed by atoms with E-state index in [9.17, 15) is 9.59 Å². The maximum atomic E-state index is 12.5. The highest BCUT2D eigenvalue weighted by atomic mass is 16.2. The number of piperazine rings is 1. The molecule has 1 aliphatic carbocycles. The molecule has 0 spiro atoms. The van der Waals surface area contributed by atoms with Crippen molar-refractivity contribution in [1.82, 2.24) is 14.7 Å². The summed E-state index contributed by atoms with van der Waals surface area (Å²) in [6, 6.07) is 0.0714. The van der Waals surface area contributed by atoms with Crippen molar-refractivity contribution in [3.05, 3.63) is 0 Å². The molecule has 0 aromatic heterocycles. The summed E-state index contributed by atoms with van der Waals surface area (Å²) in [6.45, 7) is 3.87. The van der Waals surface area contributed by atoms with E-state index in [1.165, 1.54) is 12.8 Å².